The van der Waals surface area contributed by atoms with Gasteiger partial charge in [0.05, 0.1) is 6.10 Å². The van der Waals surface area contributed by atoms with Gasteiger partial charge in [0.25, 0.3) is 0 Å². The number of hydrogen-bond acceptors (Lipinski definition) is 2. The lowest BCUT2D eigenvalue weighted by molar-refractivity contribution is 0.134. The summed E-state index contributed by atoms with van der Waals surface area (Å²) in [7, 11) is 3.76. The lowest BCUT2D eigenvalue weighted by Crippen LogP contribution is -2.41. The highest BCUT2D eigenvalue weighted by Gasteiger charge is 2.25. The van der Waals surface area contributed by atoms with E-state index < -0.39 is 0 Å². The van der Waals surface area contributed by atoms with Crippen LogP contribution in [0, 0.1) is 5.92 Å². The maximum atomic E-state index is 9.87. The van der Waals surface area contributed by atoms with Crippen molar-refractivity contribution >= 4 is 41.5 Å². The molecule has 0 spiro atoms. The second kappa shape index (κ2) is 9.57. The van der Waals surface area contributed by atoms with Crippen molar-refractivity contribution in [2.24, 2.45) is 10.9 Å². The number of hydrogen-bond donors (Lipinski definition) is 2. The van der Waals surface area contributed by atoms with E-state index in [4.69, 9.17) is 11.6 Å². The summed E-state index contributed by atoms with van der Waals surface area (Å²) in [5.41, 5.74) is 1.07. The highest BCUT2D eigenvalue weighted by molar-refractivity contribution is 14.0. The summed E-state index contributed by atoms with van der Waals surface area (Å²) < 4.78 is 0. The average molecular weight is 438 g/mol. The van der Waals surface area contributed by atoms with Gasteiger partial charge in [-0.2, -0.15) is 0 Å². The summed E-state index contributed by atoms with van der Waals surface area (Å²) in [5.74, 6) is 1.16. The number of nitrogens with zero attached hydrogens (tertiary/aromatic N) is 2. The van der Waals surface area contributed by atoms with Crippen LogP contribution in [0.15, 0.2) is 29.3 Å². The molecule has 22 heavy (non-hydrogen) atoms. The number of aliphatic hydroxyl groups excluding tert-OH is 1. The summed E-state index contributed by atoms with van der Waals surface area (Å²) >= 11 is 6.20. The van der Waals surface area contributed by atoms with Gasteiger partial charge in [0.1, 0.15) is 0 Å². The molecule has 0 amide bonds. The van der Waals surface area contributed by atoms with Crippen molar-refractivity contribution in [2.45, 2.75) is 31.9 Å². The Kier molecular flexibility index (Phi) is 8.49. The number of nitrogens with one attached hydrogen (secondary N) is 1. The van der Waals surface area contributed by atoms with Crippen LogP contribution >= 0.6 is 35.6 Å². The Morgan fingerprint density at radius 3 is 2.73 bits per heavy atom. The molecule has 1 aromatic rings. The normalized spacial score (nSPS) is 21.4. The lowest BCUT2D eigenvalue weighted by atomic mass is 10.1. The fraction of sp³-hybridized carbons (Fsp3) is 0.562. The molecule has 0 radical (unpaired) electrons. The Hall–Kier alpha value is -0.530. The molecular weight excluding hydrogens is 413 g/mol. The molecule has 124 valence electrons. The van der Waals surface area contributed by atoms with Crippen molar-refractivity contribution in [3.05, 3.63) is 34.9 Å². The van der Waals surface area contributed by atoms with Crippen LogP contribution in [0.2, 0.25) is 5.02 Å². The molecule has 0 heterocycles. The van der Waals surface area contributed by atoms with E-state index in [1.54, 1.807) is 7.05 Å². The number of guanidine groups is 1. The second-order valence-corrected chi connectivity index (χ2v) is 6.04. The van der Waals surface area contributed by atoms with E-state index in [-0.39, 0.29) is 30.1 Å². The van der Waals surface area contributed by atoms with E-state index in [9.17, 15) is 5.11 Å². The molecule has 1 fully saturated rings. The molecule has 6 heteroatoms. The Balaban J connectivity index is 0.00000242. The maximum Gasteiger partial charge on any atom is 0.193 e. The van der Waals surface area contributed by atoms with Gasteiger partial charge in [-0.05, 0) is 24.5 Å². The van der Waals surface area contributed by atoms with E-state index in [2.05, 4.69) is 10.3 Å². The van der Waals surface area contributed by atoms with E-state index in [1.807, 2.05) is 36.2 Å². The molecule has 1 aliphatic carbocycles. The minimum atomic E-state index is -0.176. The number of benzene rings is 1. The number of rotatable bonds is 4. The van der Waals surface area contributed by atoms with Gasteiger partial charge in [-0.25, -0.2) is 0 Å². The first-order chi connectivity index (χ1) is 10.1. The van der Waals surface area contributed by atoms with Crippen LogP contribution in [0.4, 0.5) is 0 Å². The Morgan fingerprint density at radius 2 is 2.14 bits per heavy atom. The van der Waals surface area contributed by atoms with Crippen molar-refractivity contribution in [2.75, 3.05) is 20.6 Å². The topological polar surface area (TPSA) is 47.9 Å². The van der Waals surface area contributed by atoms with Gasteiger partial charge in [0.15, 0.2) is 5.96 Å². The third-order valence-electron chi connectivity index (χ3n) is 4.08. The van der Waals surface area contributed by atoms with Crippen LogP contribution in [0.25, 0.3) is 0 Å². The second-order valence-electron chi connectivity index (χ2n) is 5.63. The predicted molar refractivity (Wildman–Crippen MR) is 103 cm³/mol. The van der Waals surface area contributed by atoms with Crippen molar-refractivity contribution in [3.8, 4) is 0 Å². The molecule has 2 rings (SSSR count). The zero-order chi connectivity index (χ0) is 15.2. The monoisotopic (exact) mass is 437 g/mol. The summed E-state index contributed by atoms with van der Waals surface area (Å²) in [6, 6.07) is 7.84. The van der Waals surface area contributed by atoms with Crippen molar-refractivity contribution < 1.29 is 5.11 Å². The Bertz CT molecular complexity index is 498. The van der Waals surface area contributed by atoms with Crippen LogP contribution in [-0.4, -0.2) is 42.7 Å². The highest BCUT2D eigenvalue weighted by Crippen LogP contribution is 2.24. The number of aliphatic imine (C=N–C) groups is 1. The largest absolute Gasteiger partial charge is 0.393 e. The molecule has 0 aromatic heterocycles. The molecule has 4 nitrogen and oxygen atoms in total. The molecule has 2 N–H and O–H groups in total. The smallest absolute Gasteiger partial charge is 0.193 e. The van der Waals surface area contributed by atoms with Gasteiger partial charge in [0, 0.05) is 38.1 Å². The fourth-order valence-corrected chi connectivity index (χ4v) is 3.01. The fourth-order valence-electron chi connectivity index (χ4n) is 2.82. The zero-order valence-corrected chi connectivity index (χ0v) is 16.2. The van der Waals surface area contributed by atoms with Crippen LogP contribution in [-0.2, 0) is 6.54 Å². The minimum absolute atomic E-state index is 0. The van der Waals surface area contributed by atoms with Crippen molar-refractivity contribution in [3.63, 3.8) is 0 Å². The van der Waals surface area contributed by atoms with Gasteiger partial charge in [-0.1, -0.05) is 36.2 Å². The molecule has 1 saturated carbocycles. The molecule has 1 aliphatic rings. The van der Waals surface area contributed by atoms with Crippen molar-refractivity contribution in [1.29, 1.82) is 0 Å². The van der Waals surface area contributed by atoms with Gasteiger partial charge >= 0.3 is 0 Å². The summed E-state index contributed by atoms with van der Waals surface area (Å²) in [6.07, 6.45) is 2.94. The predicted octanol–water partition coefficient (Wildman–Crippen LogP) is 3.13. The van der Waals surface area contributed by atoms with Crippen LogP contribution in [0.1, 0.15) is 24.8 Å². The molecule has 2 atom stereocenters. The van der Waals surface area contributed by atoms with Crippen molar-refractivity contribution in [1.82, 2.24) is 10.2 Å². The third kappa shape index (κ3) is 5.28. The Labute approximate surface area is 155 Å². The van der Waals surface area contributed by atoms with E-state index in [0.29, 0.717) is 12.5 Å². The van der Waals surface area contributed by atoms with Crippen LogP contribution in [0.3, 0.4) is 0 Å². The molecule has 0 aliphatic heterocycles. The first-order valence-corrected chi connectivity index (χ1v) is 7.83. The van der Waals surface area contributed by atoms with Gasteiger partial charge in [-0.15, -0.1) is 24.0 Å². The standard InChI is InChI=1S/C16H24ClN3O.HI/c1-18-16(19-10-12-7-5-9-15(12)21)20(2)11-13-6-3-4-8-14(13)17;/h3-4,6,8,12,15,21H,5,7,9-11H2,1-2H3,(H,18,19);1H. The average Bonchev–Trinajstić information content (AvgIpc) is 2.88. The minimum Gasteiger partial charge on any atom is -0.393 e. The zero-order valence-electron chi connectivity index (χ0n) is 13.1. The molecular formula is C16H25ClIN3O. The van der Waals surface area contributed by atoms with E-state index in [0.717, 1.165) is 42.4 Å². The van der Waals surface area contributed by atoms with Gasteiger partial charge in [0.2, 0.25) is 0 Å². The summed E-state index contributed by atoms with van der Waals surface area (Å²) in [4.78, 5) is 6.35. The molecule has 0 bridgehead atoms. The van der Waals surface area contributed by atoms with E-state index in [1.165, 1.54) is 0 Å². The number of aliphatic hydroxyl groups is 1. The van der Waals surface area contributed by atoms with Gasteiger partial charge in [-0.3, -0.25) is 4.99 Å². The Morgan fingerprint density at radius 1 is 1.41 bits per heavy atom. The number of halogens is 2. The molecule has 0 saturated heterocycles. The molecule has 2 unspecified atom stereocenters. The van der Waals surface area contributed by atoms with Crippen LogP contribution in [0.5, 0.6) is 0 Å². The van der Waals surface area contributed by atoms with Gasteiger partial charge < -0.3 is 15.3 Å². The highest BCUT2D eigenvalue weighted by atomic mass is 127. The SMILES string of the molecule is CN=C(NCC1CCCC1O)N(C)Cc1ccccc1Cl.I. The maximum absolute atomic E-state index is 9.87. The summed E-state index contributed by atoms with van der Waals surface area (Å²) in [6.45, 7) is 1.47. The lowest BCUT2D eigenvalue weighted by Gasteiger charge is -2.24. The molecule has 1 aromatic carbocycles. The summed E-state index contributed by atoms with van der Waals surface area (Å²) in [5, 5.41) is 14.0. The third-order valence-corrected chi connectivity index (χ3v) is 4.45. The van der Waals surface area contributed by atoms with Crippen LogP contribution < -0.4 is 5.32 Å². The first kappa shape index (κ1) is 19.5. The van der Waals surface area contributed by atoms with E-state index >= 15 is 0 Å². The first-order valence-electron chi connectivity index (χ1n) is 7.45. The quantitative estimate of drug-likeness (QED) is 0.432.